The summed E-state index contributed by atoms with van der Waals surface area (Å²) in [6, 6.07) is 0. The minimum atomic E-state index is -0.805. The first kappa shape index (κ1) is 65.5. The molecule has 0 radical (unpaired) electrons. The summed E-state index contributed by atoms with van der Waals surface area (Å²) >= 11 is 0. The lowest BCUT2D eigenvalue weighted by Crippen LogP contribution is -2.30. The van der Waals surface area contributed by atoms with Crippen LogP contribution in [-0.2, 0) is 28.6 Å². The molecule has 1 atom stereocenters. The van der Waals surface area contributed by atoms with Gasteiger partial charge < -0.3 is 14.2 Å². The van der Waals surface area contributed by atoms with Crippen molar-refractivity contribution in [2.45, 2.75) is 239 Å². The zero-order valence-corrected chi connectivity index (χ0v) is 45.0. The third-order valence-electron chi connectivity index (χ3n) is 11.4. The molecule has 0 saturated heterocycles. The molecule has 0 heterocycles. The monoisotopic (exact) mass is 967 g/mol. The average molecular weight is 968 g/mol. The minimum Gasteiger partial charge on any atom is -0.462 e. The van der Waals surface area contributed by atoms with Gasteiger partial charge in [-0.15, -0.1) is 0 Å². The molecule has 0 spiro atoms. The Bertz CT molecular complexity index is 1530. The van der Waals surface area contributed by atoms with Crippen LogP contribution in [0.4, 0.5) is 0 Å². The normalized spacial score (nSPS) is 13.1. The largest absolute Gasteiger partial charge is 0.462 e. The molecular weight excluding hydrogens is 865 g/mol. The number of ether oxygens (including phenoxy) is 3. The molecule has 0 aromatic heterocycles. The van der Waals surface area contributed by atoms with Gasteiger partial charge >= 0.3 is 17.9 Å². The van der Waals surface area contributed by atoms with Crippen molar-refractivity contribution in [3.8, 4) is 0 Å². The fourth-order valence-electron chi connectivity index (χ4n) is 7.20. The average Bonchev–Trinajstić information content (AvgIpc) is 3.36. The molecule has 0 aliphatic heterocycles. The van der Waals surface area contributed by atoms with E-state index in [1.807, 2.05) is 0 Å². The Balaban J connectivity index is 4.42. The fraction of sp³-hybridized carbons (Fsp3) is 0.609. The molecule has 1 unspecified atom stereocenters. The SMILES string of the molecule is CC/C=C\C/C=C\C/C=C\C/C=C\C/C=C\C/C=C\CCCCCCC(=O)OCC(COC(=O)CCCCCCC/C=C\CCC)OC(=O)CCCCCCCC/C=C\C/C=C\C/C=C\C/C=C\CC. The van der Waals surface area contributed by atoms with E-state index in [1.165, 1.54) is 25.7 Å². The van der Waals surface area contributed by atoms with Crippen molar-refractivity contribution in [3.05, 3.63) is 134 Å². The Hall–Kier alpha value is -4.45. The fourth-order valence-corrected chi connectivity index (χ4v) is 7.20. The highest BCUT2D eigenvalue weighted by molar-refractivity contribution is 5.71. The van der Waals surface area contributed by atoms with Crippen LogP contribution < -0.4 is 0 Å². The van der Waals surface area contributed by atoms with E-state index in [4.69, 9.17) is 14.2 Å². The van der Waals surface area contributed by atoms with Crippen LogP contribution in [0, 0.1) is 0 Å². The minimum absolute atomic E-state index is 0.101. The van der Waals surface area contributed by atoms with Gasteiger partial charge in [0.25, 0.3) is 0 Å². The standard InChI is InChI=1S/C64H102O6/c1-4-7-10-13-16-19-22-24-26-28-30-31-32-33-35-36-38-40-42-45-48-51-54-57-63(66)69-60-61(59-68-62(65)56-53-50-47-44-21-18-15-12-9-6-3)70-64(67)58-55-52-49-46-43-41-39-37-34-29-27-25-23-20-17-14-11-8-5-2/h7-8,10-12,15-17,19-20,24-27,30-31,33-35,37-38,40,61H,4-6,9,13-14,18,21-23,28-29,32,36,39,41-60H2,1-3H3/b10-7-,11-8-,15-12-,19-16-,20-17-,26-24-,27-25-,31-30-,35-33-,37-34-,40-38-. The van der Waals surface area contributed by atoms with Crippen LogP contribution in [0.15, 0.2) is 134 Å². The highest BCUT2D eigenvalue weighted by atomic mass is 16.6. The van der Waals surface area contributed by atoms with Crippen LogP contribution in [0.25, 0.3) is 0 Å². The maximum absolute atomic E-state index is 12.8. The first-order valence-electron chi connectivity index (χ1n) is 28.2. The summed E-state index contributed by atoms with van der Waals surface area (Å²) in [5.41, 5.74) is 0. The lowest BCUT2D eigenvalue weighted by molar-refractivity contribution is -0.167. The third-order valence-corrected chi connectivity index (χ3v) is 11.4. The lowest BCUT2D eigenvalue weighted by Gasteiger charge is -2.18. The first-order chi connectivity index (χ1) is 34.5. The van der Waals surface area contributed by atoms with Gasteiger partial charge in [-0.25, -0.2) is 0 Å². The third kappa shape index (κ3) is 54.5. The van der Waals surface area contributed by atoms with E-state index in [9.17, 15) is 14.4 Å². The van der Waals surface area contributed by atoms with Crippen molar-refractivity contribution in [2.24, 2.45) is 0 Å². The topological polar surface area (TPSA) is 78.9 Å². The molecule has 6 nitrogen and oxygen atoms in total. The number of rotatable bonds is 49. The van der Waals surface area contributed by atoms with E-state index in [0.717, 1.165) is 167 Å². The molecule has 0 saturated carbocycles. The molecule has 0 N–H and O–H groups in total. The van der Waals surface area contributed by atoms with Gasteiger partial charge in [0.05, 0.1) is 0 Å². The number of allylic oxidation sites excluding steroid dienone is 22. The van der Waals surface area contributed by atoms with Crippen molar-refractivity contribution in [1.29, 1.82) is 0 Å². The van der Waals surface area contributed by atoms with Crippen LogP contribution in [0.3, 0.4) is 0 Å². The van der Waals surface area contributed by atoms with E-state index >= 15 is 0 Å². The predicted octanol–water partition coefficient (Wildman–Crippen LogP) is 19.0. The molecule has 0 aromatic rings. The maximum Gasteiger partial charge on any atom is 0.306 e. The van der Waals surface area contributed by atoms with Crippen LogP contribution in [0.5, 0.6) is 0 Å². The van der Waals surface area contributed by atoms with Gasteiger partial charge in [0.1, 0.15) is 13.2 Å². The highest BCUT2D eigenvalue weighted by Gasteiger charge is 2.19. The highest BCUT2D eigenvalue weighted by Crippen LogP contribution is 2.13. The molecule has 0 aliphatic carbocycles. The van der Waals surface area contributed by atoms with E-state index in [-0.39, 0.29) is 31.1 Å². The molecule has 0 aliphatic rings. The van der Waals surface area contributed by atoms with Crippen LogP contribution in [-0.4, -0.2) is 37.2 Å². The molecule has 0 bridgehead atoms. The van der Waals surface area contributed by atoms with Crippen molar-refractivity contribution in [3.63, 3.8) is 0 Å². The molecule has 0 amide bonds. The summed E-state index contributed by atoms with van der Waals surface area (Å²) in [6.45, 7) is 6.30. The van der Waals surface area contributed by atoms with Crippen molar-refractivity contribution in [1.82, 2.24) is 0 Å². The number of esters is 3. The maximum atomic E-state index is 12.8. The summed E-state index contributed by atoms with van der Waals surface area (Å²) in [7, 11) is 0. The van der Waals surface area contributed by atoms with E-state index in [0.29, 0.717) is 19.3 Å². The number of hydrogen-bond donors (Lipinski definition) is 0. The van der Waals surface area contributed by atoms with E-state index < -0.39 is 6.10 Å². The zero-order valence-electron chi connectivity index (χ0n) is 45.0. The number of unbranched alkanes of at least 4 members (excludes halogenated alkanes) is 16. The van der Waals surface area contributed by atoms with Crippen LogP contribution in [0.1, 0.15) is 233 Å². The molecule has 394 valence electrons. The van der Waals surface area contributed by atoms with Gasteiger partial charge in [-0.1, -0.05) is 219 Å². The Labute approximate surface area is 430 Å². The Morgan fingerprint density at radius 1 is 0.300 bits per heavy atom. The summed E-state index contributed by atoms with van der Waals surface area (Å²) in [6.07, 6.45) is 80.1. The zero-order chi connectivity index (χ0) is 50.7. The second-order valence-corrected chi connectivity index (χ2v) is 18.1. The van der Waals surface area contributed by atoms with Gasteiger partial charge in [0.2, 0.25) is 0 Å². The van der Waals surface area contributed by atoms with Crippen molar-refractivity contribution >= 4 is 17.9 Å². The van der Waals surface area contributed by atoms with Gasteiger partial charge in [-0.05, 0) is 128 Å². The first-order valence-corrected chi connectivity index (χ1v) is 28.2. The second-order valence-electron chi connectivity index (χ2n) is 18.1. The summed E-state index contributed by atoms with van der Waals surface area (Å²) in [4.78, 5) is 38.1. The van der Waals surface area contributed by atoms with Crippen LogP contribution >= 0.6 is 0 Å². The smallest absolute Gasteiger partial charge is 0.306 e. The lowest BCUT2D eigenvalue weighted by atomic mass is 10.1. The number of carbonyl (C=O) groups excluding carboxylic acids is 3. The molecule has 70 heavy (non-hydrogen) atoms. The molecule has 6 heteroatoms. The van der Waals surface area contributed by atoms with Gasteiger partial charge in [0.15, 0.2) is 6.10 Å². The van der Waals surface area contributed by atoms with Gasteiger partial charge in [-0.3, -0.25) is 14.4 Å². The van der Waals surface area contributed by atoms with Crippen LogP contribution in [0.2, 0.25) is 0 Å². The molecule has 0 rings (SSSR count). The van der Waals surface area contributed by atoms with Gasteiger partial charge in [-0.2, -0.15) is 0 Å². The summed E-state index contributed by atoms with van der Waals surface area (Å²) in [5, 5.41) is 0. The summed E-state index contributed by atoms with van der Waals surface area (Å²) < 4.78 is 16.8. The van der Waals surface area contributed by atoms with Gasteiger partial charge in [0, 0.05) is 19.3 Å². The molecule has 0 aromatic carbocycles. The van der Waals surface area contributed by atoms with E-state index in [1.54, 1.807) is 0 Å². The number of carbonyl (C=O) groups is 3. The van der Waals surface area contributed by atoms with Crippen molar-refractivity contribution in [2.75, 3.05) is 13.2 Å². The summed E-state index contributed by atoms with van der Waals surface area (Å²) in [5.74, 6) is -0.957. The Morgan fingerprint density at radius 2 is 0.557 bits per heavy atom. The Kier molecular flexibility index (Phi) is 53.5. The molecule has 0 fully saturated rings. The molecular formula is C64H102O6. The number of hydrogen-bond acceptors (Lipinski definition) is 6. The van der Waals surface area contributed by atoms with Crippen molar-refractivity contribution < 1.29 is 28.6 Å². The second kappa shape index (κ2) is 57.1. The van der Waals surface area contributed by atoms with E-state index in [2.05, 4.69) is 154 Å². The Morgan fingerprint density at radius 3 is 0.886 bits per heavy atom. The predicted molar refractivity (Wildman–Crippen MR) is 302 cm³/mol. The quantitative estimate of drug-likeness (QED) is 0.0262.